The van der Waals surface area contributed by atoms with Gasteiger partial charge in [-0.2, -0.15) is 11.8 Å². The van der Waals surface area contributed by atoms with Gasteiger partial charge in [-0.25, -0.2) is 4.98 Å². The lowest BCUT2D eigenvalue weighted by Gasteiger charge is -2.41. The SMILES string of the molecule is CC(=O)c1ccc2ccccc2n1.CC(C)(C)NC(=O)[C@@H]1C[C@H](SCc2cccnc2)CCN1C[C@@H](O)[C@@H](N)Cc1ccccc1. The number of thioether (sulfide) groups is 1. The summed E-state index contributed by atoms with van der Waals surface area (Å²) in [5.41, 5.74) is 9.74. The Hall–Kier alpha value is -3.63. The number of aliphatic hydroxyl groups is 1. The second-order valence-corrected chi connectivity index (χ2v) is 14.2. The van der Waals surface area contributed by atoms with Gasteiger partial charge < -0.3 is 16.2 Å². The number of benzene rings is 2. The van der Waals surface area contributed by atoms with Crippen LogP contribution >= 0.6 is 11.8 Å². The standard InChI is InChI=1S/C26H38N4O2S.C11H9NO/c1-26(2,3)29-25(32)23-15-21(33-18-20-10-7-12-28-16-20)11-13-30(23)17-24(31)22(27)14-19-8-5-4-6-9-19;1-8(13)10-7-6-9-4-2-3-5-11(9)12-10/h4-10,12,16,21-24,31H,11,13-15,17-18,27H2,1-3H3,(H,29,32);2-7H,1H3/t21-,22+,23+,24-;/m1./s1. The van der Waals surface area contributed by atoms with Gasteiger partial charge in [0.1, 0.15) is 5.69 Å². The summed E-state index contributed by atoms with van der Waals surface area (Å²) in [7, 11) is 0. The topological polar surface area (TPSA) is 121 Å². The highest BCUT2D eigenvalue weighted by atomic mass is 32.2. The molecule has 2 aromatic carbocycles. The fraction of sp³-hybridized carbons (Fsp3) is 0.405. The zero-order chi connectivity index (χ0) is 33.1. The molecule has 9 heteroatoms. The number of Topliss-reactive ketones (excluding diaryl/α,β-unsaturated/α-hetero) is 1. The van der Waals surface area contributed by atoms with Crippen LogP contribution < -0.4 is 11.1 Å². The van der Waals surface area contributed by atoms with E-state index in [1.54, 1.807) is 12.3 Å². The Kier molecular flexibility index (Phi) is 12.9. The third-order valence-electron chi connectivity index (χ3n) is 7.86. The summed E-state index contributed by atoms with van der Waals surface area (Å²) < 4.78 is 0. The molecule has 0 radical (unpaired) electrons. The summed E-state index contributed by atoms with van der Waals surface area (Å²) >= 11 is 1.88. The lowest BCUT2D eigenvalue weighted by atomic mass is 9.96. The molecule has 4 atom stereocenters. The minimum absolute atomic E-state index is 0.00533. The van der Waals surface area contributed by atoms with Gasteiger partial charge in [-0.1, -0.05) is 60.7 Å². The van der Waals surface area contributed by atoms with E-state index in [2.05, 4.69) is 26.3 Å². The van der Waals surface area contributed by atoms with Crippen molar-refractivity contribution in [2.75, 3.05) is 13.1 Å². The van der Waals surface area contributed by atoms with Gasteiger partial charge in [0.25, 0.3) is 0 Å². The number of nitrogens with zero attached hydrogens (tertiary/aromatic N) is 3. The van der Waals surface area contributed by atoms with Gasteiger partial charge in [-0.05, 0) is 69.4 Å². The molecule has 8 nitrogen and oxygen atoms in total. The van der Waals surface area contributed by atoms with E-state index < -0.39 is 6.10 Å². The molecule has 0 aliphatic carbocycles. The molecule has 244 valence electrons. The summed E-state index contributed by atoms with van der Waals surface area (Å²) in [5.74, 6) is 0.917. The van der Waals surface area contributed by atoms with E-state index in [0.29, 0.717) is 23.9 Å². The van der Waals surface area contributed by atoms with Crippen LogP contribution in [0.1, 0.15) is 62.2 Å². The molecule has 4 aromatic rings. The number of piperidine rings is 1. The van der Waals surface area contributed by atoms with Crippen molar-refractivity contribution in [3.05, 3.63) is 108 Å². The normalized spacial score (nSPS) is 18.2. The number of ketones is 1. The van der Waals surface area contributed by atoms with Crippen molar-refractivity contribution in [3.63, 3.8) is 0 Å². The molecule has 2 aromatic heterocycles. The van der Waals surface area contributed by atoms with E-state index in [-0.39, 0.29) is 29.3 Å². The minimum Gasteiger partial charge on any atom is -0.390 e. The first-order valence-corrected chi connectivity index (χ1v) is 16.9. The molecular weight excluding hydrogens is 595 g/mol. The van der Waals surface area contributed by atoms with Gasteiger partial charge in [0, 0.05) is 60.4 Å². The molecule has 1 aliphatic rings. The van der Waals surface area contributed by atoms with Crippen molar-refractivity contribution in [1.82, 2.24) is 20.2 Å². The maximum atomic E-state index is 13.2. The molecule has 0 saturated carbocycles. The summed E-state index contributed by atoms with van der Waals surface area (Å²) in [4.78, 5) is 34.8. The first-order valence-electron chi connectivity index (χ1n) is 15.9. The predicted octanol–water partition coefficient (Wildman–Crippen LogP) is 5.43. The summed E-state index contributed by atoms with van der Waals surface area (Å²) in [5, 5.41) is 15.5. The molecule has 0 bridgehead atoms. The molecule has 1 fully saturated rings. The second-order valence-electron chi connectivity index (χ2n) is 12.9. The monoisotopic (exact) mass is 641 g/mol. The summed E-state index contributed by atoms with van der Waals surface area (Å²) in [6, 6.07) is 24.8. The van der Waals surface area contributed by atoms with E-state index in [1.807, 2.05) is 105 Å². The van der Waals surface area contributed by atoms with Crippen LogP contribution in [0.3, 0.4) is 0 Å². The Balaban J connectivity index is 0.000000305. The van der Waals surface area contributed by atoms with Gasteiger partial charge in [0.2, 0.25) is 5.91 Å². The minimum atomic E-state index is -0.699. The maximum absolute atomic E-state index is 13.2. The molecule has 4 N–H and O–H groups in total. The van der Waals surface area contributed by atoms with E-state index >= 15 is 0 Å². The number of carbonyl (C=O) groups excluding carboxylic acids is 2. The smallest absolute Gasteiger partial charge is 0.237 e. The van der Waals surface area contributed by atoms with Gasteiger partial charge in [0.15, 0.2) is 5.78 Å². The van der Waals surface area contributed by atoms with Gasteiger partial charge in [-0.15, -0.1) is 0 Å². The Morgan fingerprint density at radius 2 is 1.74 bits per heavy atom. The quantitative estimate of drug-likeness (QED) is 0.196. The predicted molar refractivity (Wildman–Crippen MR) is 188 cm³/mol. The fourth-order valence-corrected chi connectivity index (χ4v) is 6.62. The summed E-state index contributed by atoms with van der Waals surface area (Å²) in [6.45, 7) is 8.68. The maximum Gasteiger partial charge on any atom is 0.237 e. The van der Waals surface area contributed by atoms with Crippen molar-refractivity contribution >= 4 is 34.4 Å². The highest BCUT2D eigenvalue weighted by Gasteiger charge is 2.36. The number of hydrogen-bond donors (Lipinski definition) is 3. The highest BCUT2D eigenvalue weighted by molar-refractivity contribution is 7.99. The molecule has 1 amide bonds. The van der Waals surface area contributed by atoms with E-state index in [1.165, 1.54) is 12.5 Å². The molecule has 0 unspecified atom stereocenters. The Morgan fingerprint density at radius 3 is 2.43 bits per heavy atom. The van der Waals surface area contributed by atoms with Crippen LogP contribution in [-0.2, 0) is 17.0 Å². The fourth-order valence-electron chi connectivity index (χ4n) is 5.43. The van der Waals surface area contributed by atoms with Gasteiger partial charge in [-0.3, -0.25) is 19.5 Å². The Labute approximate surface area is 277 Å². The van der Waals surface area contributed by atoms with Crippen molar-refractivity contribution in [3.8, 4) is 0 Å². The number of fused-ring (bicyclic) bond motifs is 1. The van der Waals surface area contributed by atoms with Crippen LogP contribution in [0.2, 0.25) is 0 Å². The second kappa shape index (κ2) is 16.8. The number of carbonyl (C=O) groups is 2. The lowest BCUT2D eigenvalue weighted by Crippen LogP contribution is -2.58. The van der Waals surface area contributed by atoms with Crippen LogP contribution in [0.5, 0.6) is 0 Å². The van der Waals surface area contributed by atoms with Crippen LogP contribution in [0.4, 0.5) is 0 Å². The number of pyridine rings is 2. The van der Waals surface area contributed by atoms with Crippen LogP contribution in [0.25, 0.3) is 10.9 Å². The van der Waals surface area contributed by atoms with Crippen molar-refractivity contribution < 1.29 is 14.7 Å². The number of nitrogens with one attached hydrogen (secondary N) is 1. The number of nitrogens with two attached hydrogens (primary N) is 1. The summed E-state index contributed by atoms with van der Waals surface area (Å²) in [6.07, 6.45) is 5.33. The van der Waals surface area contributed by atoms with Crippen LogP contribution in [-0.4, -0.2) is 73.7 Å². The Bertz CT molecular complexity index is 1550. The van der Waals surface area contributed by atoms with Crippen LogP contribution in [0, 0.1) is 0 Å². The average Bonchev–Trinajstić information content (AvgIpc) is 3.04. The van der Waals surface area contributed by atoms with Crippen LogP contribution in [0.15, 0.2) is 91.3 Å². The number of aliphatic hydroxyl groups excluding tert-OH is 1. The van der Waals surface area contributed by atoms with Gasteiger partial charge in [0.05, 0.1) is 17.7 Å². The average molecular weight is 642 g/mol. The highest BCUT2D eigenvalue weighted by Crippen LogP contribution is 2.30. The molecule has 1 saturated heterocycles. The number of amides is 1. The largest absolute Gasteiger partial charge is 0.390 e. The molecule has 3 heterocycles. The number of aromatic nitrogens is 2. The molecular formula is C37H47N5O3S. The van der Waals surface area contributed by atoms with Crippen molar-refractivity contribution in [2.45, 2.75) is 81.7 Å². The third-order valence-corrected chi connectivity index (χ3v) is 9.26. The zero-order valence-corrected chi connectivity index (χ0v) is 28.1. The molecule has 46 heavy (non-hydrogen) atoms. The van der Waals surface area contributed by atoms with E-state index in [4.69, 9.17) is 5.73 Å². The Morgan fingerprint density at radius 1 is 1.02 bits per heavy atom. The van der Waals surface area contributed by atoms with E-state index in [0.717, 1.165) is 41.6 Å². The van der Waals surface area contributed by atoms with Crippen molar-refractivity contribution in [1.29, 1.82) is 0 Å². The first-order chi connectivity index (χ1) is 22.0. The number of likely N-dealkylation sites (tertiary alicyclic amines) is 1. The third kappa shape index (κ3) is 11.0. The lowest BCUT2D eigenvalue weighted by molar-refractivity contribution is -0.129. The number of β-amino-alcohol motifs (C(OH)–C–C–N with tert-alkyl or cyclic N) is 1. The number of hydrogen-bond acceptors (Lipinski definition) is 8. The molecule has 5 rings (SSSR count). The van der Waals surface area contributed by atoms with Gasteiger partial charge >= 0.3 is 0 Å². The molecule has 1 aliphatic heterocycles. The van der Waals surface area contributed by atoms with E-state index in [9.17, 15) is 14.7 Å². The number of para-hydroxylation sites is 1. The van der Waals surface area contributed by atoms with Crippen molar-refractivity contribution in [2.24, 2.45) is 5.73 Å². The molecule has 0 spiro atoms. The number of rotatable bonds is 10. The zero-order valence-electron chi connectivity index (χ0n) is 27.3. The first kappa shape index (κ1) is 35.2.